The van der Waals surface area contributed by atoms with Crippen LogP contribution in [-0.2, 0) is 14.2 Å². The molecule has 3 nitrogen and oxygen atoms in total. The zero-order chi connectivity index (χ0) is 10.7. The third kappa shape index (κ3) is 1.17. The molecular formula is C12H20O3. The lowest BCUT2D eigenvalue weighted by atomic mass is 9.77. The van der Waals surface area contributed by atoms with Crippen LogP contribution in [0.2, 0.25) is 0 Å². The van der Waals surface area contributed by atoms with Gasteiger partial charge in [-0.25, -0.2) is 0 Å². The van der Waals surface area contributed by atoms with E-state index in [0.717, 1.165) is 19.4 Å². The minimum atomic E-state index is -0.474. The van der Waals surface area contributed by atoms with Crippen molar-refractivity contribution < 1.29 is 14.2 Å². The summed E-state index contributed by atoms with van der Waals surface area (Å²) in [5.41, 5.74) is -0.316. The van der Waals surface area contributed by atoms with E-state index in [1.165, 1.54) is 12.8 Å². The third-order valence-corrected chi connectivity index (χ3v) is 4.18. The molecule has 0 aromatic rings. The van der Waals surface area contributed by atoms with Crippen LogP contribution in [0.25, 0.3) is 0 Å². The summed E-state index contributed by atoms with van der Waals surface area (Å²) in [4.78, 5) is 0. The first kappa shape index (κ1) is 10.1. The quantitative estimate of drug-likeness (QED) is 0.617. The number of ether oxygens (including phenoxy) is 3. The van der Waals surface area contributed by atoms with E-state index >= 15 is 0 Å². The average Bonchev–Trinajstić information content (AvgIpc) is 2.29. The van der Waals surface area contributed by atoms with Gasteiger partial charge < -0.3 is 14.2 Å². The van der Waals surface area contributed by atoms with E-state index in [-0.39, 0.29) is 5.60 Å². The number of hydrogen-bond acceptors (Lipinski definition) is 3. The van der Waals surface area contributed by atoms with Gasteiger partial charge in [0.25, 0.3) is 0 Å². The predicted octanol–water partition coefficient (Wildman–Crippen LogP) is 2.44. The van der Waals surface area contributed by atoms with Crippen LogP contribution in [0.1, 0.15) is 46.5 Å². The number of fused-ring (bicyclic) bond motifs is 1. The molecule has 3 rings (SSSR count). The SMILES string of the molecule is CC1(C)O[C@]2(C)CC[C@H]3CCCO[C@@]31O2. The Hall–Kier alpha value is -0.120. The van der Waals surface area contributed by atoms with Crippen LogP contribution >= 0.6 is 0 Å². The lowest BCUT2D eigenvalue weighted by Crippen LogP contribution is -2.58. The molecule has 3 heteroatoms. The number of hydrogen-bond donors (Lipinski definition) is 0. The maximum Gasteiger partial charge on any atom is 0.203 e. The first-order valence-corrected chi connectivity index (χ1v) is 6.02. The van der Waals surface area contributed by atoms with Crippen molar-refractivity contribution in [2.75, 3.05) is 6.61 Å². The normalized spacial score (nSPS) is 52.6. The van der Waals surface area contributed by atoms with Gasteiger partial charge in [-0.2, -0.15) is 0 Å². The zero-order valence-corrected chi connectivity index (χ0v) is 9.84. The maximum absolute atomic E-state index is 6.15. The topological polar surface area (TPSA) is 27.7 Å². The molecule has 3 saturated heterocycles. The second-order valence-corrected chi connectivity index (χ2v) is 5.74. The van der Waals surface area contributed by atoms with Gasteiger partial charge in [0.1, 0.15) is 5.60 Å². The molecule has 3 aliphatic heterocycles. The van der Waals surface area contributed by atoms with Crippen LogP contribution in [0, 0.1) is 5.92 Å². The van der Waals surface area contributed by atoms with E-state index in [2.05, 4.69) is 13.8 Å². The molecule has 3 atom stereocenters. The van der Waals surface area contributed by atoms with Crippen molar-refractivity contribution in [3.8, 4) is 0 Å². The minimum Gasteiger partial charge on any atom is -0.347 e. The maximum atomic E-state index is 6.15. The molecule has 0 unspecified atom stereocenters. The second kappa shape index (κ2) is 2.76. The van der Waals surface area contributed by atoms with E-state index in [4.69, 9.17) is 14.2 Å². The van der Waals surface area contributed by atoms with Crippen molar-refractivity contribution >= 4 is 0 Å². The summed E-state index contributed by atoms with van der Waals surface area (Å²) in [6.07, 6.45) is 4.53. The Kier molecular flexibility index (Phi) is 1.85. The van der Waals surface area contributed by atoms with Crippen LogP contribution in [0.15, 0.2) is 0 Å². The molecule has 0 aliphatic carbocycles. The van der Waals surface area contributed by atoms with E-state index < -0.39 is 11.6 Å². The largest absolute Gasteiger partial charge is 0.347 e. The van der Waals surface area contributed by atoms with Crippen molar-refractivity contribution in [2.45, 2.75) is 63.6 Å². The standard InChI is InChI=1S/C12H20O3/c1-10(2)12-9(5-4-8-13-12)6-7-11(3,14-10)15-12/h9H,4-8H2,1-3H3/t9-,11+,12-/m1/s1. The summed E-state index contributed by atoms with van der Waals surface area (Å²) in [6, 6.07) is 0. The highest BCUT2D eigenvalue weighted by atomic mass is 16.8. The molecule has 3 fully saturated rings. The van der Waals surface area contributed by atoms with E-state index in [1.54, 1.807) is 0 Å². The molecule has 3 heterocycles. The lowest BCUT2D eigenvalue weighted by Gasteiger charge is -2.48. The predicted molar refractivity (Wildman–Crippen MR) is 55.3 cm³/mol. The highest BCUT2D eigenvalue weighted by Crippen LogP contribution is 2.57. The highest BCUT2D eigenvalue weighted by Gasteiger charge is 2.67. The van der Waals surface area contributed by atoms with Gasteiger partial charge in [-0.05, 0) is 40.0 Å². The van der Waals surface area contributed by atoms with E-state index in [0.29, 0.717) is 5.92 Å². The summed E-state index contributed by atoms with van der Waals surface area (Å²) in [7, 11) is 0. The Bertz CT molecular complexity index is 289. The molecule has 86 valence electrons. The Labute approximate surface area is 91.1 Å². The summed E-state index contributed by atoms with van der Waals surface area (Å²) in [6.45, 7) is 7.04. The fourth-order valence-corrected chi connectivity index (χ4v) is 3.59. The molecule has 0 N–H and O–H groups in total. The van der Waals surface area contributed by atoms with Crippen molar-refractivity contribution in [1.82, 2.24) is 0 Å². The molecule has 0 radical (unpaired) electrons. The smallest absolute Gasteiger partial charge is 0.203 e. The summed E-state index contributed by atoms with van der Waals surface area (Å²) in [5, 5.41) is 0. The van der Waals surface area contributed by atoms with Crippen LogP contribution in [0.3, 0.4) is 0 Å². The van der Waals surface area contributed by atoms with Crippen molar-refractivity contribution in [2.24, 2.45) is 5.92 Å². The minimum absolute atomic E-state index is 0.316. The van der Waals surface area contributed by atoms with Gasteiger partial charge in [-0.1, -0.05) is 0 Å². The Morgan fingerprint density at radius 1 is 1.07 bits per heavy atom. The van der Waals surface area contributed by atoms with Gasteiger partial charge in [0.2, 0.25) is 5.79 Å². The lowest BCUT2D eigenvalue weighted by molar-refractivity contribution is -0.328. The average molecular weight is 212 g/mol. The molecule has 0 saturated carbocycles. The molecule has 1 spiro atoms. The van der Waals surface area contributed by atoms with Gasteiger partial charge in [-0.3, -0.25) is 0 Å². The monoisotopic (exact) mass is 212 g/mol. The third-order valence-electron chi connectivity index (χ3n) is 4.18. The van der Waals surface area contributed by atoms with Crippen LogP contribution in [0.5, 0.6) is 0 Å². The Morgan fingerprint density at radius 3 is 2.67 bits per heavy atom. The van der Waals surface area contributed by atoms with Gasteiger partial charge in [0.05, 0.1) is 6.61 Å². The first-order valence-electron chi connectivity index (χ1n) is 6.02. The first-order chi connectivity index (χ1) is 6.98. The highest BCUT2D eigenvalue weighted by molar-refractivity contribution is 5.06. The van der Waals surface area contributed by atoms with Crippen LogP contribution in [0.4, 0.5) is 0 Å². The summed E-state index contributed by atoms with van der Waals surface area (Å²) < 4.78 is 18.2. The van der Waals surface area contributed by atoms with E-state index in [9.17, 15) is 0 Å². The molecule has 0 amide bonds. The Balaban J connectivity index is 2.03. The van der Waals surface area contributed by atoms with Crippen LogP contribution in [-0.4, -0.2) is 23.8 Å². The molecular weight excluding hydrogens is 192 g/mol. The molecule has 3 aliphatic rings. The van der Waals surface area contributed by atoms with Crippen molar-refractivity contribution in [1.29, 1.82) is 0 Å². The van der Waals surface area contributed by atoms with Gasteiger partial charge in [0, 0.05) is 12.3 Å². The fourth-order valence-electron chi connectivity index (χ4n) is 3.59. The number of rotatable bonds is 0. The Morgan fingerprint density at radius 2 is 1.87 bits per heavy atom. The fraction of sp³-hybridized carbons (Fsp3) is 1.00. The summed E-state index contributed by atoms with van der Waals surface area (Å²) in [5.74, 6) is -0.382. The molecule has 0 aromatic heterocycles. The summed E-state index contributed by atoms with van der Waals surface area (Å²) >= 11 is 0. The van der Waals surface area contributed by atoms with Gasteiger partial charge >= 0.3 is 0 Å². The van der Waals surface area contributed by atoms with Crippen molar-refractivity contribution in [3.05, 3.63) is 0 Å². The molecule has 0 aromatic carbocycles. The van der Waals surface area contributed by atoms with Crippen molar-refractivity contribution in [3.63, 3.8) is 0 Å². The van der Waals surface area contributed by atoms with Gasteiger partial charge in [0.15, 0.2) is 5.79 Å². The molecule has 15 heavy (non-hydrogen) atoms. The second-order valence-electron chi connectivity index (χ2n) is 5.74. The van der Waals surface area contributed by atoms with E-state index in [1.807, 2.05) is 6.92 Å². The van der Waals surface area contributed by atoms with Crippen LogP contribution < -0.4 is 0 Å². The van der Waals surface area contributed by atoms with Gasteiger partial charge in [-0.15, -0.1) is 0 Å². The molecule has 2 bridgehead atoms. The zero-order valence-electron chi connectivity index (χ0n) is 9.84.